The summed E-state index contributed by atoms with van der Waals surface area (Å²) in [6.07, 6.45) is 0.849. The van der Waals surface area contributed by atoms with Gasteiger partial charge in [0, 0.05) is 32.8 Å². The van der Waals surface area contributed by atoms with Crippen LogP contribution in [0.5, 0.6) is 0 Å². The first-order valence-corrected chi connectivity index (χ1v) is 7.82. The lowest BCUT2D eigenvalue weighted by atomic mass is 10.2. The van der Waals surface area contributed by atoms with E-state index in [4.69, 9.17) is 0 Å². The first-order chi connectivity index (χ1) is 9.45. The SMILES string of the molecule is Cc1ccc(CC(C)Nc2cc(Br)ccc2[N+](=O)[O-])s1. The van der Waals surface area contributed by atoms with Crippen molar-refractivity contribution >= 4 is 38.6 Å². The Bertz CT molecular complexity index is 627. The molecule has 1 unspecified atom stereocenters. The molecule has 1 N–H and O–H groups in total. The number of benzene rings is 1. The van der Waals surface area contributed by atoms with E-state index in [1.54, 1.807) is 23.5 Å². The summed E-state index contributed by atoms with van der Waals surface area (Å²) in [7, 11) is 0. The van der Waals surface area contributed by atoms with Gasteiger partial charge in [-0.1, -0.05) is 15.9 Å². The van der Waals surface area contributed by atoms with Gasteiger partial charge in [0.05, 0.1) is 4.92 Å². The predicted octanol–water partition coefficient (Wildman–Crippen LogP) is 4.77. The number of aryl methyl sites for hydroxylation is 1. The summed E-state index contributed by atoms with van der Waals surface area (Å²) in [4.78, 5) is 13.2. The summed E-state index contributed by atoms with van der Waals surface area (Å²) in [6.45, 7) is 4.10. The fourth-order valence-corrected chi connectivity index (χ4v) is 3.38. The van der Waals surface area contributed by atoms with Gasteiger partial charge in [0.2, 0.25) is 0 Å². The molecule has 2 aromatic rings. The Morgan fingerprint density at radius 1 is 1.40 bits per heavy atom. The van der Waals surface area contributed by atoms with E-state index in [0.29, 0.717) is 5.69 Å². The van der Waals surface area contributed by atoms with Crippen molar-refractivity contribution in [3.8, 4) is 0 Å². The van der Waals surface area contributed by atoms with Crippen molar-refractivity contribution in [1.29, 1.82) is 0 Å². The summed E-state index contributed by atoms with van der Waals surface area (Å²) in [5.74, 6) is 0. The Morgan fingerprint density at radius 3 is 2.75 bits per heavy atom. The molecule has 0 saturated carbocycles. The van der Waals surface area contributed by atoms with Gasteiger partial charge in [-0.3, -0.25) is 10.1 Å². The molecule has 0 aliphatic carbocycles. The molecule has 0 bridgehead atoms. The third-order valence-corrected chi connectivity index (χ3v) is 4.38. The predicted molar refractivity (Wildman–Crippen MR) is 86.6 cm³/mol. The molecule has 1 atom stereocenters. The third-order valence-electron chi connectivity index (χ3n) is 2.86. The van der Waals surface area contributed by atoms with E-state index < -0.39 is 0 Å². The third kappa shape index (κ3) is 3.80. The average Bonchev–Trinajstić information content (AvgIpc) is 2.74. The number of halogens is 1. The Morgan fingerprint density at radius 2 is 2.15 bits per heavy atom. The van der Waals surface area contributed by atoms with Crippen molar-refractivity contribution in [2.24, 2.45) is 0 Å². The van der Waals surface area contributed by atoms with Gasteiger partial charge in [-0.15, -0.1) is 11.3 Å². The number of rotatable bonds is 5. The Kier molecular flexibility index (Phi) is 4.77. The van der Waals surface area contributed by atoms with Crippen LogP contribution in [-0.4, -0.2) is 11.0 Å². The van der Waals surface area contributed by atoms with Crippen LogP contribution < -0.4 is 5.32 Å². The highest BCUT2D eigenvalue weighted by molar-refractivity contribution is 9.10. The zero-order valence-electron chi connectivity index (χ0n) is 11.2. The molecule has 1 aromatic carbocycles. The van der Waals surface area contributed by atoms with Gasteiger partial charge in [0.15, 0.2) is 0 Å². The summed E-state index contributed by atoms with van der Waals surface area (Å²) >= 11 is 5.10. The maximum atomic E-state index is 11.0. The summed E-state index contributed by atoms with van der Waals surface area (Å²) in [6, 6.07) is 9.25. The van der Waals surface area contributed by atoms with E-state index in [0.717, 1.165) is 10.9 Å². The normalized spacial score (nSPS) is 12.2. The van der Waals surface area contributed by atoms with Gasteiger partial charge in [0.1, 0.15) is 5.69 Å². The minimum absolute atomic E-state index is 0.0995. The monoisotopic (exact) mass is 354 g/mol. The molecule has 0 radical (unpaired) electrons. The van der Waals surface area contributed by atoms with Crippen LogP contribution in [0.3, 0.4) is 0 Å². The number of nitrogens with one attached hydrogen (secondary N) is 1. The fourth-order valence-electron chi connectivity index (χ4n) is 2.00. The van der Waals surface area contributed by atoms with Crippen molar-refractivity contribution in [2.75, 3.05) is 5.32 Å². The van der Waals surface area contributed by atoms with Crippen molar-refractivity contribution in [1.82, 2.24) is 0 Å². The van der Waals surface area contributed by atoms with E-state index >= 15 is 0 Å². The lowest BCUT2D eigenvalue weighted by Crippen LogP contribution is -2.18. The molecule has 0 aliphatic heterocycles. The molecule has 0 aliphatic rings. The number of nitro benzene ring substituents is 1. The Hall–Kier alpha value is -1.40. The second-order valence-corrected chi connectivity index (χ2v) is 6.97. The van der Waals surface area contributed by atoms with Gasteiger partial charge in [0.25, 0.3) is 5.69 Å². The molecule has 2 rings (SSSR count). The molecule has 1 aromatic heterocycles. The van der Waals surface area contributed by atoms with E-state index in [1.807, 2.05) is 6.92 Å². The van der Waals surface area contributed by atoms with E-state index in [9.17, 15) is 10.1 Å². The van der Waals surface area contributed by atoms with Crippen molar-refractivity contribution in [3.05, 3.63) is 54.7 Å². The highest BCUT2D eigenvalue weighted by atomic mass is 79.9. The number of hydrogen-bond acceptors (Lipinski definition) is 4. The van der Waals surface area contributed by atoms with Crippen LogP contribution in [0.25, 0.3) is 0 Å². The molecular formula is C14H15BrN2O2S. The topological polar surface area (TPSA) is 55.2 Å². The zero-order valence-corrected chi connectivity index (χ0v) is 13.6. The number of thiophene rings is 1. The minimum Gasteiger partial charge on any atom is -0.377 e. The first-order valence-electron chi connectivity index (χ1n) is 6.21. The van der Waals surface area contributed by atoms with E-state index in [1.165, 1.54) is 15.8 Å². The zero-order chi connectivity index (χ0) is 14.7. The number of nitrogens with zero attached hydrogens (tertiary/aromatic N) is 1. The molecule has 20 heavy (non-hydrogen) atoms. The van der Waals surface area contributed by atoms with Gasteiger partial charge >= 0.3 is 0 Å². The summed E-state index contributed by atoms with van der Waals surface area (Å²) in [5, 5.41) is 14.3. The van der Waals surface area contributed by atoms with Gasteiger partial charge in [-0.2, -0.15) is 0 Å². The van der Waals surface area contributed by atoms with Crippen molar-refractivity contribution < 1.29 is 4.92 Å². The molecule has 0 fully saturated rings. The maximum Gasteiger partial charge on any atom is 0.292 e. The minimum atomic E-state index is -0.364. The number of nitro groups is 1. The number of anilines is 1. The lowest BCUT2D eigenvalue weighted by molar-refractivity contribution is -0.384. The highest BCUT2D eigenvalue weighted by Gasteiger charge is 2.16. The van der Waals surface area contributed by atoms with Crippen LogP contribution in [0.4, 0.5) is 11.4 Å². The lowest BCUT2D eigenvalue weighted by Gasteiger charge is -2.14. The largest absolute Gasteiger partial charge is 0.377 e. The molecule has 6 heteroatoms. The summed E-state index contributed by atoms with van der Waals surface area (Å²) in [5.41, 5.74) is 0.646. The van der Waals surface area contributed by atoms with Gasteiger partial charge in [-0.25, -0.2) is 0 Å². The van der Waals surface area contributed by atoms with Crippen LogP contribution in [-0.2, 0) is 6.42 Å². The Balaban J connectivity index is 2.12. The average molecular weight is 355 g/mol. The highest BCUT2D eigenvalue weighted by Crippen LogP contribution is 2.29. The Labute approximate surface area is 130 Å². The quantitative estimate of drug-likeness (QED) is 0.621. The molecule has 0 amide bonds. The number of hydrogen-bond donors (Lipinski definition) is 1. The second kappa shape index (κ2) is 6.37. The fraction of sp³-hybridized carbons (Fsp3) is 0.286. The first kappa shape index (κ1) is 15.0. The van der Waals surface area contributed by atoms with Gasteiger partial charge in [-0.05, 0) is 38.1 Å². The van der Waals surface area contributed by atoms with Gasteiger partial charge < -0.3 is 5.32 Å². The van der Waals surface area contributed by atoms with Crippen LogP contribution in [0.1, 0.15) is 16.7 Å². The second-order valence-electron chi connectivity index (χ2n) is 4.68. The smallest absolute Gasteiger partial charge is 0.292 e. The molecular weight excluding hydrogens is 340 g/mol. The van der Waals surface area contributed by atoms with Crippen molar-refractivity contribution in [3.63, 3.8) is 0 Å². The maximum absolute atomic E-state index is 11.0. The van der Waals surface area contributed by atoms with E-state index in [-0.39, 0.29) is 16.7 Å². The van der Waals surface area contributed by atoms with Crippen LogP contribution in [0, 0.1) is 17.0 Å². The van der Waals surface area contributed by atoms with E-state index in [2.05, 4.69) is 40.3 Å². The molecule has 0 spiro atoms. The molecule has 1 heterocycles. The standard InChI is InChI=1S/C14H15BrN2O2S/c1-9(7-12-5-3-10(2)20-12)16-13-8-11(15)4-6-14(13)17(18)19/h3-6,8-9,16H,7H2,1-2H3. The van der Waals surface area contributed by atoms with Crippen LogP contribution >= 0.6 is 27.3 Å². The van der Waals surface area contributed by atoms with Crippen molar-refractivity contribution in [2.45, 2.75) is 26.3 Å². The molecule has 4 nitrogen and oxygen atoms in total. The molecule has 0 saturated heterocycles. The van der Waals surface area contributed by atoms with Crippen LogP contribution in [0.15, 0.2) is 34.8 Å². The molecule has 106 valence electrons. The summed E-state index contributed by atoms with van der Waals surface area (Å²) < 4.78 is 0.824. The van der Waals surface area contributed by atoms with Crippen LogP contribution in [0.2, 0.25) is 0 Å².